The Kier molecular flexibility index (Phi) is 1.71. The maximum atomic E-state index is 5.55. The van der Waals surface area contributed by atoms with Crippen molar-refractivity contribution in [2.75, 3.05) is 0 Å². The summed E-state index contributed by atoms with van der Waals surface area (Å²) >= 11 is 12.4. The lowest BCUT2D eigenvalue weighted by molar-refractivity contribution is 1.68. The van der Waals surface area contributed by atoms with Gasteiger partial charge in [-0.1, -0.05) is 29.1 Å². The van der Waals surface area contributed by atoms with Gasteiger partial charge in [-0.2, -0.15) is 0 Å². The van der Waals surface area contributed by atoms with Crippen LogP contribution in [-0.4, -0.2) is 4.71 Å². The molecule has 0 bridgehead atoms. The summed E-state index contributed by atoms with van der Waals surface area (Å²) in [5.74, 6) is 0. The second kappa shape index (κ2) is 2.15. The van der Waals surface area contributed by atoms with Gasteiger partial charge in [-0.05, 0) is 6.08 Å². The summed E-state index contributed by atoms with van der Waals surface area (Å²) in [5.41, 5.74) is 2.76. The Hall–Kier alpha value is 0.450. The summed E-state index contributed by atoms with van der Waals surface area (Å²) in [6.45, 7) is 0. The Morgan fingerprint density at radius 1 is 1.86 bits per heavy atom. The molecule has 0 spiro atoms. The Morgan fingerprint density at radius 3 is 2.71 bits per heavy atom. The van der Waals surface area contributed by atoms with Crippen LogP contribution in [0.25, 0.3) is 0 Å². The maximum absolute atomic E-state index is 5.55. The smallest absolute Gasteiger partial charge is 0.105 e. The Morgan fingerprint density at radius 2 is 2.57 bits per heavy atom. The fraction of sp³-hybridized carbons (Fsp3) is 0.250. The zero-order valence-corrected chi connectivity index (χ0v) is 5.65. The highest BCUT2D eigenvalue weighted by atomic mass is 35.5. The SMILES string of the molecule is ClC1=C=CC(Cl)S1. The van der Waals surface area contributed by atoms with Crippen LogP contribution in [-0.2, 0) is 0 Å². The van der Waals surface area contributed by atoms with Gasteiger partial charge in [0, 0.05) is 0 Å². The van der Waals surface area contributed by atoms with Crippen LogP contribution in [0.15, 0.2) is 16.2 Å². The largest absolute Gasteiger partial charge is 0.117 e. The minimum atomic E-state index is 0.00694. The number of hydrogen-bond donors (Lipinski definition) is 0. The van der Waals surface area contributed by atoms with Gasteiger partial charge in [0.05, 0.1) is 0 Å². The number of rotatable bonds is 0. The first-order valence-electron chi connectivity index (χ1n) is 1.72. The van der Waals surface area contributed by atoms with Gasteiger partial charge in [-0.3, -0.25) is 0 Å². The van der Waals surface area contributed by atoms with Crippen LogP contribution in [0.1, 0.15) is 0 Å². The first-order valence-corrected chi connectivity index (χ1v) is 3.41. The van der Waals surface area contributed by atoms with Crippen LogP contribution in [0.3, 0.4) is 0 Å². The van der Waals surface area contributed by atoms with E-state index >= 15 is 0 Å². The van der Waals surface area contributed by atoms with Gasteiger partial charge in [0.1, 0.15) is 9.07 Å². The molecule has 0 fully saturated rings. The van der Waals surface area contributed by atoms with Crippen molar-refractivity contribution in [1.82, 2.24) is 0 Å². The molecule has 0 radical (unpaired) electrons. The zero-order chi connectivity index (χ0) is 5.28. The lowest BCUT2D eigenvalue weighted by Gasteiger charge is -1.88. The molecule has 38 valence electrons. The van der Waals surface area contributed by atoms with Crippen LogP contribution >= 0.6 is 35.0 Å². The fourth-order valence-electron chi connectivity index (χ4n) is 0.298. The van der Waals surface area contributed by atoms with E-state index in [2.05, 4.69) is 5.73 Å². The highest BCUT2D eigenvalue weighted by Crippen LogP contribution is 2.31. The number of hydrogen-bond acceptors (Lipinski definition) is 1. The quantitative estimate of drug-likeness (QED) is 0.380. The van der Waals surface area contributed by atoms with E-state index in [9.17, 15) is 0 Å². The monoisotopic (exact) mass is 152 g/mol. The standard InChI is InChI=1S/C4H2Cl2S/c5-3-1-2-4(6)7-3/h1,3H. The molecule has 0 aromatic carbocycles. The predicted molar refractivity (Wildman–Crippen MR) is 34.7 cm³/mol. The molecule has 1 rings (SSSR count). The highest BCUT2D eigenvalue weighted by Gasteiger charge is 2.06. The molecule has 0 nitrogen and oxygen atoms in total. The third kappa shape index (κ3) is 1.43. The number of halogens is 2. The summed E-state index contributed by atoms with van der Waals surface area (Å²) in [5, 5.41) is 0. The second-order valence-electron chi connectivity index (χ2n) is 1.05. The van der Waals surface area contributed by atoms with E-state index in [1.807, 2.05) is 0 Å². The van der Waals surface area contributed by atoms with Crippen molar-refractivity contribution < 1.29 is 0 Å². The molecule has 0 aromatic heterocycles. The molecule has 0 N–H and O–H groups in total. The zero-order valence-electron chi connectivity index (χ0n) is 3.32. The van der Waals surface area contributed by atoms with E-state index in [4.69, 9.17) is 23.2 Å². The first kappa shape index (κ1) is 5.58. The summed E-state index contributed by atoms with van der Waals surface area (Å²) in [4.78, 5) is 0. The molecule has 1 aliphatic heterocycles. The predicted octanol–water partition coefficient (Wildman–Crippen LogP) is 2.53. The Bertz CT molecular complexity index is 135. The van der Waals surface area contributed by atoms with Crippen molar-refractivity contribution in [3.63, 3.8) is 0 Å². The molecule has 3 heteroatoms. The molecule has 1 unspecified atom stereocenters. The van der Waals surface area contributed by atoms with Gasteiger partial charge >= 0.3 is 0 Å². The summed E-state index contributed by atoms with van der Waals surface area (Å²) in [7, 11) is 0. The van der Waals surface area contributed by atoms with Crippen LogP contribution in [0, 0.1) is 0 Å². The number of alkyl halides is 1. The Labute approximate surface area is 56.2 Å². The minimum absolute atomic E-state index is 0.00694. The van der Waals surface area contributed by atoms with E-state index in [1.165, 1.54) is 11.8 Å². The average Bonchev–Trinajstić information content (AvgIpc) is 1.87. The molecular weight excluding hydrogens is 151 g/mol. The third-order valence-corrected chi connectivity index (χ3v) is 2.00. The lowest BCUT2D eigenvalue weighted by Crippen LogP contribution is -1.74. The molecule has 0 aliphatic carbocycles. The average molecular weight is 153 g/mol. The fourth-order valence-corrected chi connectivity index (χ4v) is 1.59. The molecule has 1 aliphatic rings. The van der Waals surface area contributed by atoms with Gasteiger partial charge in [-0.25, -0.2) is 0 Å². The van der Waals surface area contributed by atoms with E-state index < -0.39 is 0 Å². The summed E-state index contributed by atoms with van der Waals surface area (Å²) < 4.78 is 0.660. The van der Waals surface area contributed by atoms with E-state index in [0.717, 1.165) is 0 Å². The summed E-state index contributed by atoms with van der Waals surface area (Å²) in [6, 6.07) is 0. The van der Waals surface area contributed by atoms with Crippen molar-refractivity contribution in [2.24, 2.45) is 0 Å². The topological polar surface area (TPSA) is 0 Å². The molecule has 1 heterocycles. The van der Waals surface area contributed by atoms with Crippen LogP contribution in [0.5, 0.6) is 0 Å². The molecular formula is C4H2Cl2S. The van der Waals surface area contributed by atoms with Gasteiger partial charge < -0.3 is 0 Å². The normalized spacial score (nSPS) is 28.3. The molecule has 7 heavy (non-hydrogen) atoms. The van der Waals surface area contributed by atoms with Gasteiger partial charge in [-0.15, -0.1) is 11.6 Å². The second-order valence-corrected chi connectivity index (χ2v) is 3.54. The number of thioether (sulfide) groups is 1. The van der Waals surface area contributed by atoms with Crippen molar-refractivity contribution in [2.45, 2.75) is 4.71 Å². The molecule has 0 amide bonds. The van der Waals surface area contributed by atoms with E-state index in [1.54, 1.807) is 6.08 Å². The van der Waals surface area contributed by atoms with Crippen molar-refractivity contribution >= 4 is 35.0 Å². The van der Waals surface area contributed by atoms with Crippen LogP contribution < -0.4 is 0 Å². The molecule has 0 saturated carbocycles. The minimum Gasteiger partial charge on any atom is -0.105 e. The van der Waals surface area contributed by atoms with Gasteiger partial charge in [0.2, 0.25) is 0 Å². The molecule has 0 aromatic rings. The van der Waals surface area contributed by atoms with E-state index in [0.29, 0.717) is 4.36 Å². The van der Waals surface area contributed by atoms with Gasteiger partial charge in [0.25, 0.3) is 0 Å². The van der Waals surface area contributed by atoms with Crippen molar-refractivity contribution in [3.8, 4) is 0 Å². The van der Waals surface area contributed by atoms with Crippen molar-refractivity contribution in [3.05, 3.63) is 16.2 Å². The van der Waals surface area contributed by atoms with Crippen LogP contribution in [0.4, 0.5) is 0 Å². The van der Waals surface area contributed by atoms with Gasteiger partial charge in [0.15, 0.2) is 0 Å². The third-order valence-electron chi connectivity index (χ3n) is 0.544. The Balaban J connectivity index is 2.62. The summed E-state index contributed by atoms with van der Waals surface area (Å²) in [6.07, 6.45) is 1.73. The first-order chi connectivity index (χ1) is 3.29. The molecule has 1 atom stereocenters. The maximum Gasteiger partial charge on any atom is 0.117 e. The van der Waals surface area contributed by atoms with Crippen LogP contribution in [0.2, 0.25) is 0 Å². The van der Waals surface area contributed by atoms with E-state index in [-0.39, 0.29) is 4.71 Å². The lowest BCUT2D eigenvalue weighted by atomic mass is 10.7. The highest BCUT2D eigenvalue weighted by molar-refractivity contribution is 8.06. The van der Waals surface area contributed by atoms with Crippen molar-refractivity contribution in [1.29, 1.82) is 0 Å². The molecule has 0 saturated heterocycles.